The molecule has 11 rings (SSSR count). The van der Waals surface area contributed by atoms with Crippen LogP contribution in [0.5, 0.6) is 0 Å². The summed E-state index contributed by atoms with van der Waals surface area (Å²) in [5.74, 6) is 0.500. The van der Waals surface area contributed by atoms with E-state index < -0.39 is 25.9 Å². The average molecular weight is 990 g/mol. The average Bonchev–Trinajstić information content (AvgIpc) is 4.09. The summed E-state index contributed by atoms with van der Waals surface area (Å²) in [7, 11) is 18.3. The van der Waals surface area contributed by atoms with E-state index in [0.717, 1.165) is 12.8 Å². The van der Waals surface area contributed by atoms with E-state index in [1.165, 1.54) is 103 Å². The van der Waals surface area contributed by atoms with E-state index in [1.54, 1.807) is 0 Å². The first-order chi connectivity index (χ1) is 32.2. The number of benzene rings is 8. The van der Waals surface area contributed by atoms with Crippen LogP contribution in [0.15, 0.2) is 199 Å². The molecule has 1 aliphatic heterocycles. The minimum atomic E-state index is -5.87. The molecule has 66 heavy (non-hydrogen) atoms. The van der Waals surface area contributed by atoms with Crippen molar-refractivity contribution in [3.63, 3.8) is 0 Å². The van der Waals surface area contributed by atoms with Gasteiger partial charge in [-0.25, -0.2) is 0 Å². The first kappa shape index (κ1) is 43.5. The molecule has 8 aromatic rings. The SMILES string of the molecule is CCC(C)C1=Cc2c(ccc(-c3ccccc3)c2-c2ccccc2)[CH]1[Zr]([Cl])([Cl])([c]1cccc2c1[SiH2]c1ccccc1-2)[CH]1C(C(C)CC)=Cc2c1ccc(-c1ccccc1)c2-c1ccccc1. The van der Waals surface area contributed by atoms with Crippen LogP contribution in [0.2, 0.25) is 0 Å². The molecule has 8 aromatic carbocycles. The van der Waals surface area contributed by atoms with Crippen LogP contribution < -0.4 is 13.6 Å². The van der Waals surface area contributed by atoms with Crippen molar-refractivity contribution in [3.05, 3.63) is 221 Å². The number of allylic oxidation sites excluding steroid dienone is 2. The van der Waals surface area contributed by atoms with E-state index in [4.69, 9.17) is 0 Å². The van der Waals surface area contributed by atoms with E-state index in [1.807, 2.05) is 0 Å². The van der Waals surface area contributed by atoms with Crippen LogP contribution in [0.1, 0.15) is 70.0 Å². The normalized spacial score (nSPS) is 17.8. The van der Waals surface area contributed by atoms with E-state index in [9.17, 15) is 17.0 Å². The molecule has 1 heterocycles. The van der Waals surface area contributed by atoms with Gasteiger partial charge in [0.05, 0.1) is 0 Å². The summed E-state index contributed by atoms with van der Waals surface area (Å²) in [4.78, 5) is 0. The molecule has 0 saturated heterocycles. The Morgan fingerprint density at radius 1 is 0.439 bits per heavy atom. The Morgan fingerprint density at radius 2 is 0.848 bits per heavy atom. The molecule has 4 heteroatoms. The zero-order chi connectivity index (χ0) is 45.2. The summed E-state index contributed by atoms with van der Waals surface area (Å²) in [6.45, 7) is 9.51. The first-order valence-electron chi connectivity index (χ1n) is 24.0. The molecule has 0 spiro atoms. The third-order valence-corrected chi connectivity index (χ3v) is 38.2. The van der Waals surface area contributed by atoms with Crippen molar-refractivity contribution in [1.29, 1.82) is 0 Å². The second-order valence-corrected chi connectivity index (χ2v) is 41.5. The minimum absolute atomic E-state index is 0.173. The molecule has 0 saturated carbocycles. The number of hydrogen-bond acceptors (Lipinski definition) is 0. The fourth-order valence-electron chi connectivity index (χ4n) is 12.1. The Bertz CT molecular complexity index is 3040. The Labute approximate surface area is 402 Å². The zero-order valence-electron chi connectivity index (χ0n) is 38.2. The molecule has 4 atom stereocenters. The second kappa shape index (κ2) is 17.2. The zero-order valence-corrected chi connectivity index (χ0v) is 43.6. The Kier molecular flexibility index (Phi) is 11.3. The number of hydrogen-bond donors (Lipinski definition) is 0. The third kappa shape index (κ3) is 6.85. The van der Waals surface area contributed by atoms with Gasteiger partial charge in [-0.3, -0.25) is 0 Å². The van der Waals surface area contributed by atoms with Crippen molar-refractivity contribution in [1.82, 2.24) is 0 Å². The maximum absolute atomic E-state index is 9.63. The predicted octanol–water partition coefficient (Wildman–Crippen LogP) is 15.4. The molecule has 0 bridgehead atoms. The van der Waals surface area contributed by atoms with Gasteiger partial charge in [0.25, 0.3) is 0 Å². The van der Waals surface area contributed by atoms with Gasteiger partial charge in [-0.1, -0.05) is 0 Å². The summed E-state index contributed by atoms with van der Waals surface area (Å²) in [6.07, 6.45) is 7.10. The molecule has 2 aliphatic carbocycles. The molecule has 0 amide bonds. The van der Waals surface area contributed by atoms with Crippen LogP contribution in [0.3, 0.4) is 0 Å². The number of fused-ring (bicyclic) bond motifs is 5. The van der Waals surface area contributed by atoms with Gasteiger partial charge < -0.3 is 0 Å². The fourth-order valence-corrected chi connectivity index (χ4v) is 40.1. The summed E-state index contributed by atoms with van der Waals surface area (Å²) in [5, 5.41) is 2.94. The van der Waals surface area contributed by atoms with Gasteiger partial charge in [-0.2, -0.15) is 0 Å². The Balaban J connectivity index is 1.27. The van der Waals surface area contributed by atoms with E-state index in [-0.39, 0.29) is 19.1 Å². The summed E-state index contributed by atoms with van der Waals surface area (Å²) in [5.41, 5.74) is 20.4. The van der Waals surface area contributed by atoms with Crippen molar-refractivity contribution in [2.75, 3.05) is 0 Å². The molecule has 0 fully saturated rings. The van der Waals surface area contributed by atoms with Gasteiger partial charge in [0, 0.05) is 0 Å². The molecule has 0 aromatic heterocycles. The summed E-state index contributed by atoms with van der Waals surface area (Å²) < 4.78 is 0.934. The molecule has 0 N–H and O–H groups in total. The Morgan fingerprint density at radius 3 is 1.30 bits per heavy atom. The van der Waals surface area contributed by atoms with Gasteiger partial charge in [0.2, 0.25) is 0 Å². The van der Waals surface area contributed by atoms with Crippen LogP contribution in [-0.2, 0) is 16.4 Å². The fraction of sp³-hybridized carbons (Fsp3) is 0.161. The van der Waals surface area contributed by atoms with Crippen LogP contribution in [0.4, 0.5) is 0 Å². The van der Waals surface area contributed by atoms with Gasteiger partial charge in [0.1, 0.15) is 0 Å². The Hall–Kier alpha value is -5.08. The van der Waals surface area contributed by atoms with Gasteiger partial charge in [-0.05, 0) is 0 Å². The second-order valence-electron chi connectivity index (χ2n) is 19.0. The van der Waals surface area contributed by atoms with Gasteiger partial charge in [-0.15, -0.1) is 0 Å². The molecular weight excluding hydrogens is 935 g/mol. The van der Waals surface area contributed by atoms with E-state index >= 15 is 0 Å². The van der Waals surface area contributed by atoms with Gasteiger partial charge in [0.15, 0.2) is 0 Å². The van der Waals surface area contributed by atoms with Crippen molar-refractivity contribution >= 4 is 52.3 Å². The molecule has 0 nitrogen and oxygen atoms in total. The summed E-state index contributed by atoms with van der Waals surface area (Å²) in [6, 6.07) is 69.6. The predicted molar refractivity (Wildman–Crippen MR) is 286 cm³/mol. The molecule has 4 unspecified atom stereocenters. The molecular formula is C62H55Cl2SiZr. The number of rotatable bonds is 11. The standard InChI is InChI=1S/2C25H23.C12H9Si.2ClH.Zr/c2*1-3-18(2)22-16-21-14-15-23(19-10-6-4-7-11-19)25(24(21)17-22)20-12-8-5-9-13-20;1-3-7-11-9(5-1)10-6-2-4-8-12(10)13-11;;;/h2*4-18H,3H2,1-2H3;1-7H,13H2;2*1H;/q;;;;;+2/p-2. The van der Waals surface area contributed by atoms with Crippen molar-refractivity contribution in [3.8, 4) is 55.6 Å². The van der Waals surface area contributed by atoms with E-state index in [0.29, 0.717) is 0 Å². The van der Waals surface area contributed by atoms with E-state index in [2.05, 4.69) is 228 Å². The van der Waals surface area contributed by atoms with Crippen LogP contribution in [0, 0.1) is 11.8 Å². The molecule has 0 radical (unpaired) electrons. The third-order valence-electron chi connectivity index (χ3n) is 15.6. The molecule has 3 aliphatic rings. The van der Waals surface area contributed by atoms with Crippen molar-refractivity contribution < 1.29 is 16.4 Å². The van der Waals surface area contributed by atoms with Crippen molar-refractivity contribution in [2.45, 2.75) is 47.8 Å². The molecule has 325 valence electrons. The van der Waals surface area contributed by atoms with Crippen LogP contribution >= 0.6 is 17.0 Å². The topological polar surface area (TPSA) is 0 Å². The monoisotopic (exact) mass is 987 g/mol. The van der Waals surface area contributed by atoms with Crippen molar-refractivity contribution in [2.24, 2.45) is 11.8 Å². The number of halogens is 2. The summed E-state index contributed by atoms with van der Waals surface area (Å²) >= 11 is -5.87. The van der Waals surface area contributed by atoms with Gasteiger partial charge >= 0.3 is 405 Å². The van der Waals surface area contributed by atoms with Crippen LogP contribution in [0.25, 0.3) is 67.8 Å². The quantitative estimate of drug-likeness (QED) is 0.113. The maximum atomic E-state index is 9.63. The first-order valence-corrected chi connectivity index (χ1v) is 35.8. The van der Waals surface area contributed by atoms with Crippen LogP contribution in [-0.4, -0.2) is 9.52 Å².